The molecular formula is C19H27IO. The van der Waals surface area contributed by atoms with Gasteiger partial charge < -0.3 is 0 Å². The van der Waals surface area contributed by atoms with E-state index in [1.54, 1.807) is 0 Å². The highest BCUT2D eigenvalue weighted by molar-refractivity contribution is 14.1. The maximum atomic E-state index is 13.1. The van der Waals surface area contributed by atoms with E-state index in [-0.39, 0.29) is 3.42 Å². The fourth-order valence-corrected chi connectivity index (χ4v) is 7.59. The van der Waals surface area contributed by atoms with Gasteiger partial charge >= 0.3 is 0 Å². The fraction of sp³-hybridized carbons (Fsp3) is 0.842. The van der Waals surface area contributed by atoms with Crippen molar-refractivity contribution in [2.24, 2.45) is 34.5 Å². The number of ketones is 1. The number of Topliss-reactive ketones (excluding diaryl/α,β-unsaturated/α-hetero) is 1. The van der Waals surface area contributed by atoms with Crippen LogP contribution in [0.1, 0.15) is 59.3 Å². The van der Waals surface area contributed by atoms with Gasteiger partial charge in [0.25, 0.3) is 0 Å². The molecule has 4 aliphatic carbocycles. The van der Waals surface area contributed by atoms with Crippen LogP contribution >= 0.6 is 22.6 Å². The van der Waals surface area contributed by atoms with Crippen molar-refractivity contribution in [2.75, 3.05) is 0 Å². The van der Waals surface area contributed by atoms with Crippen LogP contribution in [-0.4, -0.2) is 9.20 Å². The van der Waals surface area contributed by atoms with E-state index in [9.17, 15) is 4.79 Å². The Labute approximate surface area is 142 Å². The predicted molar refractivity (Wildman–Crippen MR) is 94.4 cm³/mol. The first-order valence-electron chi connectivity index (χ1n) is 8.67. The lowest BCUT2D eigenvalue weighted by molar-refractivity contribution is -0.125. The van der Waals surface area contributed by atoms with E-state index in [4.69, 9.17) is 0 Å². The highest BCUT2D eigenvalue weighted by atomic mass is 127. The Balaban J connectivity index is 1.58. The third-order valence-electron chi connectivity index (χ3n) is 7.85. The van der Waals surface area contributed by atoms with Gasteiger partial charge in [-0.05, 0) is 60.7 Å². The highest BCUT2D eigenvalue weighted by Crippen LogP contribution is 2.73. The van der Waals surface area contributed by atoms with E-state index in [1.165, 1.54) is 25.7 Å². The molecule has 0 spiro atoms. The monoisotopic (exact) mass is 398 g/mol. The molecule has 0 aliphatic heterocycles. The van der Waals surface area contributed by atoms with Crippen molar-refractivity contribution in [1.29, 1.82) is 0 Å². The van der Waals surface area contributed by atoms with Crippen molar-refractivity contribution >= 4 is 28.4 Å². The fourth-order valence-electron chi connectivity index (χ4n) is 6.28. The molecule has 0 saturated heterocycles. The van der Waals surface area contributed by atoms with Crippen molar-refractivity contribution in [1.82, 2.24) is 0 Å². The van der Waals surface area contributed by atoms with Crippen LogP contribution < -0.4 is 0 Å². The molecule has 2 heteroatoms. The van der Waals surface area contributed by atoms with Crippen LogP contribution in [0, 0.1) is 34.5 Å². The number of carbonyl (C=O) groups excluding carboxylic acids is 1. The summed E-state index contributed by atoms with van der Waals surface area (Å²) in [5.74, 6) is 3.01. The molecule has 1 nitrogen and oxygen atoms in total. The number of alkyl halides is 1. The molecule has 0 heterocycles. The van der Waals surface area contributed by atoms with Gasteiger partial charge in [0.1, 0.15) is 5.78 Å². The lowest BCUT2D eigenvalue weighted by Gasteiger charge is -2.51. The first-order chi connectivity index (χ1) is 9.77. The van der Waals surface area contributed by atoms with Gasteiger partial charge in [0.2, 0.25) is 0 Å². The van der Waals surface area contributed by atoms with Crippen LogP contribution in [0.15, 0.2) is 12.2 Å². The van der Waals surface area contributed by atoms with Crippen LogP contribution in [0.5, 0.6) is 0 Å². The van der Waals surface area contributed by atoms with E-state index in [1.807, 2.05) is 0 Å². The van der Waals surface area contributed by atoms with Gasteiger partial charge in [-0.25, -0.2) is 0 Å². The van der Waals surface area contributed by atoms with Gasteiger partial charge in [0.05, 0.1) is 0 Å². The average molecular weight is 398 g/mol. The summed E-state index contributed by atoms with van der Waals surface area (Å²) >= 11 is 2.71. The zero-order valence-electron chi connectivity index (χ0n) is 13.5. The smallest absolute Gasteiger partial charge is 0.137 e. The van der Waals surface area contributed by atoms with Crippen molar-refractivity contribution < 1.29 is 4.79 Å². The number of carbonyl (C=O) groups is 1. The van der Waals surface area contributed by atoms with Crippen molar-refractivity contribution in [3.63, 3.8) is 0 Å². The summed E-state index contributed by atoms with van der Waals surface area (Å²) < 4.78 is 0.170. The summed E-state index contributed by atoms with van der Waals surface area (Å²) in [5.41, 5.74) is 0.689. The molecule has 0 radical (unpaired) electrons. The molecular weight excluding hydrogens is 371 g/mol. The van der Waals surface area contributed by atoms with Gasteiger partial charge in [0.15, 0.2) is 0 Å². The van der Waals surface area contributed by atoms with Crippen LogP contribution in [0.3, 0.4) is 0 Å². The largest absolute Gasteiger partial charge is 0.299 e. The van der Waals surface area contributed by atoms with Gasteiger partial charge in [-0.1, -0.05) is 55.5 Å². The van der Waals surface area contributed by atoms with Crippen LogP contribution in [0.4, 0.5) is 0 Å². The first-order valence-corrected chi connectivity index (χ1v) is 9.75. The molecule has 21 heavy (non-hydrogen) atoms. The van der Waals surface area contributed by atoms with E-state index < -0.39 is 0 Å². The predicted octanol–water partition coefficient (Wildman–Crippen LogP) is 5.18. The van der Waals surface area contributed by atoms with Gasteiger partial charge in [-0.2, -0.15) is 0 Å². The Morgan fingerprint density at radius 3 is 2.52 bits per heavy atom. The molecule has 0 aromatic rings. The second kappa shape index (κ2) is 4.36. The molecule has 6 atom stereocenters. The minimum atomic E-state index is 0.170. The lowest BCUT2D eigenvalue weighted by atomic mass is 9.61. The summed E-state index contributed by atoms with van der Waals surface area (Å²) in [5, 5.41) is 0. The molecule has 0 aromatic heterocycles. The average Bonchev–Trinajstić information content (AvgIpc) is 3.13. The third kappa shape index (κ3) is 1.77. The second-order valence-corrected chi connectivity index (χ2v) is 10.9. The molecule has 0 aromatic carbocycles. The number of halogens is 1. The second-order valence-electron chi connectivity index (χ2n) is 9.05. The summed E-state index contributed by atoms with van der Waals surface area (Å²) in [7, 11) is 0. The zero-order chi connectivity index (χ0) is 15.0. The third-order valence-corrected chi connectivity index (χ3v) is 10.9. The van der Waals surface area contributed by atoms with Gasteiger partial charge in [0, 0.05) is 15.8 Å². The first kappa shape index (κ1) is 14.7. The number of rotatable bonds is 3. The van der Waals surface area contributed by atoms with Gasteiger partial charge in [-0.3, -0.25) is 4.79 Å². The molecule has 3 fully saturated rings. The summed E-state index contributed by atoms with van der Waals surface area (Å²) in [6, 6.07) is 0. The molecule has 5 unspecified atom stereocenters. The Morgan fingerprint density at radius 2 is 2.00 bits per heavy atom. The maximum Gasteiger partial charge on any atom is 0.137 e. The maximum absolute atomic E-state index is 13.1. The number of hydrogen-bond donors (Lipinski definition) is 0. The van der Waals surface area contributed by atoms with E-state index in [2.05, 4.69) is 55.5 Å². The van der Waals surface area contributed by atoms with E-state index in [0.717, 1.165) is 18.8 Å². The highest BCUT2D eigenvalue weighted by Gasteiger charge is 2.68. The van der Waals surface area contributed by atoms with E-state index >= 15 is 0 Å². The van der Waals surface area contributed by atoms with Crippen LogP contribution in [-0.2, 0) is 4.79 Å². The molecule has 4 bridgehead atoms. The van der Waals surface area contributed by atoms with E-state index in [0.29, 0.717) is 34.4 Å². The molecule has 0 amide bonds. The SMILES string of the molecule is CC1(C)C2CC[C@@](C)(C2)C1(I)CC(=O)C1CC2C=CC1C2. The van der Waals surface area contributed by atoms with Crippen molar-refractivity contribution in [2.45, 2.75) is 62.7 Å². The number of hydrogen-bond acceptors (Lipinski definition) is 1. The quantitative estimate of drug-likeness (QED) is 0.364. The van der Waals surface area contributed by atoms with Crippen molar-refractivity contribution in [3.8, 4) is 0 Å². The molecule has 116 valence electrons. The molecule has 4 aliphatic rings. The Hall–Kier alpha value is 0.140. The lowest BCUT2D eigenvalue weighted by Crippen LogP contribution is -2.51. The molecule has 3 saturated carbocycles. The standard InChI is InChI=1S/C19H27IO/c1-17(2)14-6-7-18(3,10-14)19(17,20)11-16(21)15-9-12-4-5-13(15)8-12/h4-5,12-15H,6-11H2,1-3H3/t12?,13?,14?,15?,18-,19?/m0/s1. The number of fused-ring (bicyclic) bond motifs is 4. The number of allylic oxidation sites excluding steroid dienone is 2. The molecule has 0 N–H and O–H groups in total. The summed E-state index contributed by atoms with van der Waals surface area (Å²) in [6.45, 7) is 7.33. The van der Waals surface area contributed by atoms with Crippen LogP contribution in [0.2, 0.25) is 0 Å². The minimum absolute atomic E-state index is 0.170. The Bertz CT molecular complexity index is 515. The Morgan fingerprint density at radius 1 is 1.24 bits per heavy atom. The summed E-state index contributed by atoms with van der Waals surface area (Å²) in [6.07, 6.45) is 11.9. The van der Waals surface area contributed by atoms with Gasteiger partial charge in [-0.15, -0.1) is 0 Å². The van der Waals surface area contributed by atoms with Crippen LogP contribution in [0.25, 0.3) is 0 Å². The Kier molecular flexibility index (Phi) is 3.05. The summed E-state index contributed by atoms with van der Waals surface area (Å²) in [4.78, 5) is 13.1. The zero-order valence-corrected chi connectivity index (χ0v) is 15.7. The molecule has 4 rings (SSSR count). The minimum Gasteiger partial charge on any atom is -0.299 e. The topological polar surface area (TPSA) is 17.1 Å². The van der Waals surface area contributed by atoms with Crippen molar-refractivity contribution in [3.05, 3.63) is 12.2 Å². The normalized spacial score (nSPS) is 52.8.